The molecule has 9 N–H and O–H groups in total. The zero-order valence-corrected chi connectivity index (χ0v) is 18.5. The highest BCUT2D eigenvalue weighted by atomic mass is 16.8. The molecule has 3 heterocycles. The molecular formula is C19H34O15. The highest BCUT2D eigenvalue weighted by Crippen LogP contribution is 2.32. The first-order chi connectivity index (χ1) is 16.0. The predicted molar refractivity (Wildman–Crippen MR) is 105 cm³/mol. The van der Waals surface area contributed by atoms with Crippen molar-refractivity contribution < 1.29 is 74.4 Å². The van der Waals surface area contributed by atoms with Crippen LogP contribution in [0.5, 0.6) is 0 Å². The third kappa shape index (κ3) is 5.39. The number of hydrogen-bond donors (Lipinski definition) is 9. The van der Waals surface area contributed by atoms with Crippen LogP contribution in [0, 0.1) is 0 Å². The Morgan fingerprint density at radius 3 is 1.59 bits per heavy atom. The van der Waals surface area contributed by atoms with Crippen molar-refractivity contribution in [2.24, 2.45) is 0 Å². The summed E-state index contributed by atoms with van der Waals surface area (Å²) in [6.45, 7) is 0.0563. The molecule has 0 aromatic rings. The molecule has 0 saturated carbocycles. The monoisotopic (exact) mass is 502 g/mol. The van der Waals surface area contributed by atoms with E-state index in [1.165, 1.54) is 14.0 Å². The lowest BCUT2D eigenvalue weighted by atomic mass is 9.96. The molecule has 3 saturated heterocycles. The number of methoxy groups -OCH3 is 1. The fourth-order valence-corrected chi connectivity index (χ4v) is 4.19. The second kappa shape index (κ2) is 11.6. The zero-order chi connectivity index (χ0) is 25.3. The molecule has 0 spiro atoms. The van der Waals surface area contributed by atoms with Crippen LogP contribution in [0.25, 0.3) is 0 Å². The lowest BCUT2D eigenvalue weighted by Crippen LogP contribution is -2.66. The maximum Gasteiger partial charge on any atom is 0.187 e. The Bertz CT molecular complexity index is 639. The van der Waals surface area contributed by atoms with Gasteiger partial charge in [-0.1, -0.05) is 0 Å². The van der Waals surface area contributed by atoms with Crippen molar-refractivity contribution in [3.8, 4) is 0 Å². The van der Waals surface area contributed by atoms with Crippen LogP contribution in [-0.4, -0.2) is 158 Å². The quantitative estimate of drug-likeness (QED) is 0.157. The summed E-state index contributed by atoms with van der Waals surface area (Å²) in [6, 6.07) is 0. The number of aliphatic hydroxyl groups is 9. The Hall–Kier alpha value is -0.600. The van der Waals surface area contributed by atoms with Gasteiger partial charge in [0.1, 0.15) is 67.1 Å². The average Bonchev–Trinajstić information content (AvgIpc) is 2.83. The van der Waals surface area contributed by atoms with Crippen molar-refractivity contribution in [2.75, 3.05) is 20.3 Å². The third-order valence-electron chi connectivity index (χ3n) is 6.26. The summed E-state index contributed by atoms with van der Waals surface area (Å²) in [5.74, 6) is 0. The lowest BCUT2D eigenvalue weighted by Gasteiger charge is -2.48. The maximum atomic E-state index is 10.7. The molecule has 200 valence electrons. The molecule has 0 aromatic heterocycles. The molecule has 34 heavy (non-hydrogen) atoms. The smallest absolute Gasteiger partial charge is 0.187 e. The Morgan fingerprint density at radius 1 is 0.559 bits per heavy atom. The fourth-order valence-electron chi connectivity index (χ4n) is 4.19. The molecule has 0 radical (unpaired) electrons. The summed E-state index contributed by atoms with van der Waals surface area (Å²) < 4.78 is 32.5. The Kier molecular flexibility index (Phi) is 9.57. The van der Waals surface area contributed by atoms with E-state index in [4.69, 9.17) is 28.4 Å². The van der Waals surface area contributed by atoms with Gasteiger partial charge in [0.05, 0.1) is 19.3 Å². The number of aliphatic hydroxyl groups excluding tert-OH is 9. The van der Waals surface area contributed by atoms with Gasteiger partial charge in [-0.15, -0.1) is 0 Å². The van der Waals surface area contributed by atoms with Gasteiger partial charge in [-0.25, -0.2) is 0 Å². The number of ether oxygens (including phenoxy) is 6. The van der Waals surface area contributed by atoms with E-state index in [0.717, 1.165) is 0 Å². The summed E-state index contributed by atoms with van der Waals surface area (Å²) in [4.78, 5) is 0. The zero-order valence-electron chi connectivity index (χ0n) is 18.5. The van der Waals surface area contributed by atoms with Crippen LogP contribution in [0.4, 0.5) is 0 Å². The average molecular weight is 502 g/mol. The molecule has 0 aromatic carbocycles. The van der Waals surface area contributed by atoms with E-state index < -0.39 is 105 Å². The first-order valence-electron chi connectivity index (χ1n) is 10.8. The largest absolute Gasteiger partial charge is 0.394 e. The van der Waals surface area contributed by atoms with E-state index in [-0.39, 0.29) is 0 Å². The van der Waals surface area contributed by atoms with Gasteiger partial charge in [0.2, 0.25) is 0 Å². The van der Waals surface area contributed by atoms with Crippen LogP contribution in [0.3, 0.4) is 0 Å². The molecule has 0 aliphatic carbocycles. The second-order valence-corrected chi connectivity index (χ2v) is 8.53. The molecule has 3 fully saturated rings. The van der Waals surface area contributed by atoms with Gasteiger partial charge in [0, 0.05) is 7.11 Å². The van der Waals surface area contributed by atoms with Crippen LogP contribution in [0.2, 0.25) is 0 Å². The van der Waals surface area contributed by atoms with E-state index >= 15 is 0 Å². The van der Waals surface area contributed by atoms with Crippen LogP contribution < -0.4 is 0 Å². The molecular weight excluding hydrogens is 468 g/mol. The van der Waals surface area contributed by atoms with Crippen molar-refractivity contribution in [3.05, 3.63) is 0 Å². The van der Waals surface area contributed by atoms with Gasteiger partial charge in [0.25, 0.3) is 0 Å². The van der Waals surface area contributed by atoms with E-state index in [2.05, 4.69) is 0 Å². The number of hydrogen-bond acceptors (Lipinski definition) is 15. The summed E-state index contributed by atoms with van der Waals surface area (Å²) in [5.41, 5.74) is 0. The molecule has 15 atom stereocenters. The van der Waals surface area contributed by atoms with Crippen molar-refractivity contribution in [1.29, 1.82) is 0 Å². The molecule has 0 bridgehead atoms. The normalized spacial score (nSPS) is 52.5. The fraction of sp³-hybridized carbons (Fsp3) is 1.00. The van der Waals surface area contributed by atoms with Crippen LogP contribution in [0.1, 0.15) is 6.92 Å². The topological polar surface area (TPSA) is 237 Å². The lowest BCUT2D eigenvalue weighted by molar-refractivity contribution is -0.386. The van der Waals surface area contributed by atoms with E-state index in [9.17, 15) is 46.0 Å². The van der Waals surface area contributed by atoms with Gasteiger partial charge in [-0.05, 0) is 6.92 Å². The third-order valence-corrected chi connectivity index (χ3v) is 6.26. The van der Waals surface area contributed by atoms with Crippen molar-refractivity contribution in [2.45, 2.75) is 99.0 Å². The molecule has 3 aliphatic rings. The van der Waals surface area contributed by atoms with Crippen LogP contribution in [-0.2, 0) is 28.4 Å². The van der Waals surface area contributed by atoms with E-state index in [1.807, 2.05) is 0 Å². The first kappa shape index (κ1) is 28.0. The summed E-state index contributed by atoms with van der Waals surface area (Å²) in [5, 5.41) is 90.8. The summed E-state index contributed by atoms with van der Waals surface area (Å²) in [6.07, 6.45) is -22.6. The summed E-state index contributed by atoms with van der Waals surface area (Å²) in [7, 11) is 1.27. The molecule has 0 amide bonds. The Morgan fingerprint density at radius 2 is 1.03 bits per heavy atom. The van der Waals surface area contributed by atoms with E-state index in [0.29, 0.717) is 0 Å². The minimum atomic E-state index is -1.83. The second-order valence-electron chi connectivity index (χ2n) is 8.53. The van der Waals surface area contributed by atoms with E-state index in [1.54, 1.807) is 0 Å². The minimum absolute atomic E-state index is 0.724. The van der Waals surface area contributed by atoms with Crippen molar-refractivity contribution in [1.82, 2.24) is 0 Å². The van der Waals surface area contributed by atoms with Gasteiger partial charge in [0.15, 0.2) is 18.9 Å². The maximum absolute atomic E-state index is 10.7. The van der Waals surface area contributed by atoms with Gasteiger partial charge in [-0.3, -0.25) is 0 Å². The summed E-state index contributed by atoms with van der Waals surface area (Å²) >= 11 is 0. The molecule has 15 nitrogen and oxygen atoms in total. The Labute approximate surface area is 194 Å². The van der Waals surface area contributed by atoms with Crippen LogP contribution in [0.15, 0.2) is 0 Å². The standard InChI is InChI=1S/C19H34O15/c1-5-15(12(26)14(28)17(29-2)30-5)33-19-16(11(25)9(23)7(4-21)32-19)34-18-13(27)10(24)8(22)6(3-20)31-18/h5-28H,3-4H2,1-2H3/t5-,6+,7+,8-,9+,10-,11-,12-,13+,14+,15-,16-,17+,18+,19+/m0/s1. The van der Waals surface area contributed by atoms with Crippen molar-refractivity contribution in [3.63, 3.8) is 0 Å². The molecule has 3 aliphatic heterocycles. The minimum Gasteiger partial charge on any atom is -0.394 e. The Balaban J connectivity index is 1.82. The first-order valence-corrected chi connectivity index (χ1v) is 10.8. The molecule has 3 rings (SSSR count). The highest BCUT2D eigenvalue weighted by Gasteiger charge is 2.53. The SMILES string of the molecule is CO[C@@H]1O[C@@H](C)[C@H](O[C@H]2O[C@H](CO)[C@@H](O)[C@H](O)[C@@H]2O[C@H]2O[C@H](CO)[C@H](O)[C@H](O)[C@H]2O)[C@@H](O)[C@H]1O. The van der Waals surface area contributed by atoms with Gasteiger partial charge < -0.3 is 74.4 Å². The molecule has 15 heteroatoms. The number of rotatable bonds is 7. The predicted octanol–water partition coefficient (Wildman–Crippen LogP) is -5.89. The van der Waals surface area contributed by atoms with Crippen molar-refractivity contribution >= 4 is 0 Å². The highest BCUT2D eigenvalue weighted by molar-refractivity contribution is 4.95. The van der Waals surface area contributed by atoms with Gasteiger partial charge in [-0.2, -0.15) is 0 Å². The van der Waals surface area contributed by atoms with Gasteiger partial charge >= 0.3 is 0 Å². The molecule has 0 unspecified atom stereocenters. The van der Waals surface area contributed by atoms with Crippen LogP contribution >= 0.6 is 0 Å².